The fraction of sp³-hybridized carbons (Fsp3) is 0. The van der Waals surface area contributed by atoms with E-state index in [0.29, 0.717) is 5.75 Å². The second-order valence-electron chi connectivity index (χ2n) is 2.07. The molecule has 0 saturated heterocycles. The normalized spacial score (nSPS) is 13.4. The summed E-state index contributed by atoms with van der Waals surface area (Å²) in [4.78, 5) is 10.7. The first-order chi connectivity index (χ1) is 4.77. The summed E-state index contributed by atoms with van der Waals surface area (Å²) in [5.74, 6) is 0.00144. The zero-order chi connectivity index (χ0) is 7.14. The fourth-order valence-electron chi connectivity index (χ4n) is 0.904. The lowest BCUT2D eigenvalue weighted by Crippen LogP contribution is -1.99. The van der Waals surface area contributed by atoms with Crippen molar-refractivity contribution in [2.24, 2.45) is 0 Å². The first-order valence-electron chi connectivity index (χ1n) is 2.82. The van der Waals surface area contributed by atoms with Crippen LogP contribution in [0.5, 0.6) is 11.5 Å². The molecule has 3 heteroatoms. The van der Waals surface area contributed by atoms with Gasteiger partial charge < -0.3 is 9.84 Å². The van der Waals surface area contributed by atoms with Gasteiger partial charge in [-0.15, -0.1) is 0 Å². The van der Waals surface area contributed by atoms with Gasteiger partial charge in [0.25, 0.3) is 0 Å². The zero-order valence-electron chi connectivity index (χ0n) is 5.00. The second-order valence-corrected chi connectivity index (χ2v) is 2.07. The highest BCUT2D eigenvalue weighted by Crippen LogP contribution is 2.29. The van der Waals surface area contributed by atoms with Gasteiger partial charge in [0.2, 0.25) is 0 Å². The standard InChI is InChI=1S/C7H4O3/c8-6-2-1-4-3-5(6)7(9)10-4/h1-3,8H. The molecule has 0 unspecified atom stereocenters. The molecule has 10 heavy (non-hydrogen) atoms. The lowest BCUT2D eigenvalue weighted by molar-refractivity contribution is 0.0753. The van der Waals surface area contributed by atoms with Crippen LogP contribution in [0.2, 0.25) is 0 Å². The van der Waals surface area contributed by atoms with E-state index in [-0.39, 0.29) is 11.3 Å². The van der Waals surface area contributed by atoms with Crippen molar-refractivity contribution in [1.29, 1.82) is 0 Å². The fourth-order valence-corrected chi connectivity index (χ4v) is 0.904. The molecular weight excluding hydrogens is 132 g/mol. The Kier molecular flexibility index (Phi) is 0.795. The minimum Gasteiger partial charge on any atom is -0.507 e. The monoisotopic (exact) mass is 136 g/mol. The Balaban J connectivity index is 2.71. The van der Waals surface area contributed by atoms with Crippen LogP contribution < -0.4 is 4.74 Å². The maximum atomic E-state index is 10.7. The highest BCUT2D eigenvalue weighted by atomic mass is 16.5. The van der Waals surface area contributed by atoms with E-state index in [1.54, 1.807) is 6.07 Å². The van der Waals surface area contributed by atoms with E-state index < -0.39 is 5.97 Å². The number of fused-ring (bicyclic) bond motifs is 2. The molecule has 1 aromatic carbocycles. The van der Waals surface area contributed by atoms with Crippen molar-refractivity contribution in [3.8, 4) is 11.5 Å². The predicted octanol–water partition coefficient (Wildman–Crippen LogP) is 0.925. The van der Waals surface area contributed by atoms with E-state index in [1.165, 1.54) is 12.1 Å². The first kappa shape index (κ1) is 5.29. The van der Waals surface area contributed by atoms with E-state index in [2.05, 4.69) is 4.74 Å². The van der Waals surface area contributed by atoms with E-state index >= 15 is 0 Å². The number of rotatable bonds is 0. The average Bonchev–Trinajstić information content (AvgIpc) is 2.21. The molecule has 0 radical (unpaired) electrons. The number of carbonyl (C=O) groups is 1. The summed E-state index contributed by atoms with van der Waals surface area (Å²) >= 11 is 0. The lowest BCUT2D eigenvalue weighted by atomic mass is 10.2. The second kappa shape index (κ2) is 1.50. The van der Waals surface area contributed by atoms with Crippen LogP contribution in [0, 0.1) is 0 Å². The van der Waals surface area contributed by atoms with Crippen LogP contribution in [0.4, 0.5) is 0 Å². The van der Waals surface area contributed by atoms with Crippen molar-refractivity contribution in [1.82, 2.24) is 0 Å². The molecule has 0 aliphatic carbocycles. The molecule has 0 saturated carbocycles. The quantitative estimate of drug-likeness (QED) is 0.539. The number of carbonyl (C=O) groups excluding carboxylic acids is 1. The molecule has 0 aromatic heterocycles. The van der Waals surface area contributed by atoms with Crippen molar-refractivity contribution >= 4 is 5.97 Å². The highest BCUT2D eigenvalue weighted by Gasteiger charge is 2.21. The molecule has 0 spiro atoms. The van der Waals surface area contributed by atoms with Crippen LogP contribution in [0.25, 0.3) is 0 Å². The summed E-state index contributed by atoms with van der Waals surface area (Å²) in [7, 11) is 0. The van der Waals surface area contributed by atoms with Crippen molar-refractivity contribution in [3.63, 3.8) is 0 Å². The smallest absolute Gasteiger partial charge is 0.347 e. The van der Waals surface area contributed by atoms with Gasteiger partial charge in [-0.1, -0.05) is 0 Å². The van der Waals surface area contributed by atoms with E-state index in [1.807, 2.05) is 0 Å². The summed E-state index contributed by atoms with van der Waals surface area (Å²) < 4.78 is 4.67. The van der Waals surface area contributed by atoms with Crippen LogP contribution in [0.15, 0.2) is 18.2 Å². The number of ether oxygens (including phenoxy) is 1. The van der Waals surface area contributed by atoms with E-state index in [0.717, 1.165) is 0 Å². The molecule has 1 heterocycles. The van der Waals surface area contributed by atoms with Gasteiger partial charge >= 0.3 is 5.97 Å². The molecule has 2 rings (SSSR count). The first-order valence-corrected chi connectivity index (χ1v) is 2.82. The number of hydrogen-bond acceptors (Lipinski definition) is 3. The number of phenols is 1. The molecule has 2 bridgehead atoms. The van der Waals surface area contributed by atoms with Gasteiger partial charge in [-0.25, -0.2) is 4.79 Å². The summed E-state index contributed by atoms with van der Waals surface area (Å²) in [6.07, 6.45) is 0. The minimum atomic E-state index is -0.475. The Hall–Kier alpha value is -1.51. The molecule has 1 aromatic rings. The van der Waals surface area contributed by atoms with Crippen LogP contribution in [-0.2, 0) is 0 Å². The maximum Gasteiger partial charge on any atom is 0.347 e. The van der Waals surface area contributed by atoms with Crippen molar-refractivity contribution in [3.05, 3.63) is 23.8 Å². The summed E-state index contributed by atoms with van der Waals surface area (Å²) in [5, 5.41) is 9.01. The zero-order valence-corrected chi connectivity index (χ0v) is 5.00. The third-order valence-electron chi connectivity index (χ3n) is 1.40. The molecular formula is C7H4O3. The van der Waals surface area contributed by atoms with E-state index in [9.17, 15) is 4.79 Å². The number of hydrogen-bond donors (Lipinski definition) is 1. The molecule has 50 valence electrons. The molecule has 0 fully saturated rings. The highest BCUT2D eigenvalue weighted by molar-refractivity contribution is 5.97. The third-order valence-corrected chi connectivity index (χ3v) is 1.40. The van der Waals surface area contributed by atoms with Gasteiger partial charge in [0.05, 0.1) is 0 Å². The largest absolute Gasteiger partial charge is 0.507 e. The number of aromatic hydroxyl groups is 1. The summed E-state index contributed by atoms with van der Waals surface area (Å²) in [6.45, 7) is 0. The number of esters is 1. The van der Waals surface area contributed by atoms with Gasteiger partial charge in [-0.3, -0.25) is 0 Å². The van der Waals surface area contributed by atoms with Crippen molar-refractivity contribution in [2.75, 3.05) is 0 Å². The van der Waals surface area contributed by atoms with Gasteiger partial charge in [0.1, 0.15) is 17.1 Å². The topological polar surface area (TPSA) is 46.5 Å². The molecule has 1 aliphatic rings. The molecule has 0 amide bonds. The van der Waals surface area contributed by atoms with Gasteiger partial charge in [0, 0.05) is 0 Å². The lowest BCUT2D eigenvalue weighted by Gasteiger charge is -1.87. The molecule has 3 nitrogen and oxygen atoms in total. The van der Waals surface area contributed by atoms with E-state index in [4.69, 9.17) is 5.11 Å². The minimum absolute atomic E-state index is 0.0220. The molecule has 1 aliphatic heterocycles. The maximum absolute atomic E-state index is 10.7. The summed E-state index contributed by atoms with van der Waals surface area (Å²) in [5.41, 5.74) is 0.248. The Morgan fingerprint density at radius 1 is 1.40 bits per heavy atom. The third kappa shape index (κ3) is 0.515. The number of benzene rings is 1. The Morgan fingerprint density at radius 3 is 2.90 bits per heavy atom. The number of phenolic OH excluding ortho intramolecular Hbond substituents is 1. The van der Waals surface area contributed by atoms with Gasteiger partial charge in [0.15, 0.2) is 0 Å². The van der Waals surface area contributed by atoms with Crippen molar-refractivity contribution in [2.45, 2.75) is 0 Å². The van der Waals surface area contributed by atoms with Gasteiger partial charge in [-0.05, 0) is 18.2 Å². The summed E-state index contributed by atoms with van der Waals surface area (Å²) in [6, 6.07) is 4.50. The van der Waals surface area contributed by atoms with Gasteiger partial charge in [-0.2, -0.15) is 0 Å². The molecule has 0 atom stereocenters. The predicted molar refractivity (Wildman–Crippen MR) is 33.1 cm³/mol. The Morgan fingerprint density at radius 2 is 2.20 bits per heavy atom. The van der Waals surface area contributed by atoms with Crippen LogP contribution in [0.1, 0.15) is 10.4 Å². The van der Waals surface area contributed by atoms with Crippen molar-refractivity contribution < 1.29 is 14.6 Å². The van der Waals surface area contributed by atoms with Crippen LogP contribution >= 0.6 is 0 Å². The SMILES string of the molecule is O=C1Oc2ccc(O)c1c2. The van der Waals surface area contributed by atoms with Crippen LogP contribution in [0.3, 0.4) is 0 Å². The Labute approximate surface area is 56.9 Å². The average molecular weight is 136 g/mol. The van der Waals surface area contributed by atoms with Crippen LogP contribution in [-0.4, -0.2) is 11.1 Å². The molecule has 1 N–H and O–H groups in total. The Bertz CT molecular complexity index is 304.